The molecule has 7 nitrogen and oxygen atoms in total. The van der Waals surface area contributed by atoms with Crippen LogP contribution in [0, 0.1) is 5.92 Å². The molecule has 3 rings (SSSR count). The Morgan fingerprint density at radius 1 is 1.30 bits per heavy atom. The smallest absolute Gasteiger partial charge is 0.339 e. The van der Waals surface area contributed by atoms with Gasteiger partial charge in [0.25, 0.3) is 0 Å². The Kier molecular flexibility index (Phi) is 3.86. The molecule has 126 valence electrons. The Bertz CT molecular complexity index is 740. The summed E-state index contributed by atoms with van der Waals surface area (Å²) < 4.78 is 26.8. The molecule has 1 saturated heterocycles. The maximum atomic E-state index is 12.7. The number of benzene rings is 1. The van der Waals surface area contributed by atoms with Crippen molar-refractivity contribution in [2.45, 2.75) is 36.2 Å². The summed E-state index contributed by atoms with van der Waals surface area (Å²) in [5.74, 6) is -1.94. The third-order valence-corrected chi connectivity index (χ3v) is 6.60. The van der Waals surface area contributed by atoms with E-state index in [4.69, 9.17) is 5.11 Å². The van der Waals surface area contributed by atoms with Gasteiger partial charge in [0.05, 0.1) is 10.5 Å². The van der Waals surface area contributed by atoms with Crippen LogP contribution in [-0.2, 0) is 10.0 Å². The molecule has 0 bridgehead atoms. The highest BCUT2D eigenvalue weighted by Gasteiger charge is 2.49. The molecule has 0 aromatic heterocycles. The summed E-state index contributed by atoms with van der Waals surface area (Å²) in [5.41, 5.74) is -1.18. The number of aliphatic hydroxyl groups is 1. The standard InChI is InChI=1S/C15H19NO6S/c17-13-4-3-11(8-12(13)14(18)19)23(21,22)16-7-1-2-10(9-16)15(20)5-6-15/h3-4,8,10,17,20H,1-2,5-7,9H2,(H,18,19). The minimum Gasteiger partial charge on any atom is -0.507 e. The monoisotopic (exact) mass is 341 g/mol. The van der Waals surface area contributed by atoms with Crippen molar-refractivity contribution >= 4 is 16.0 Å². The lowest BCUT2D eigenvalue weighted by atomic mass is 9.92. The summed E-state index contributed by atoms with van der Waals surface area (Å²) in [6.45, 7) is 0.584. The number of carboxylic acid groups (broad SMARTS) is 1. The number of hydrogen-bond donors (Lipinski definition) is 3. The fourth-order valence-corrected chi connectivity index (χ4v) is 4.68. The lowest BCUT2D eigenvalue weighted by Crippen LogP contribution is -2.44. The zero-order chi connectivity index (χ0) is 16.8. The van der Waals surface area contributed by atoms with Gasteiger partial charge < -0.3 is 15.3 Å². The number of sulfonamides is 1. The molecule has 1 aromatic rings. The minimum atomic E-state index is -3.85. The first-order valence-corrected chi connectivity index (χ1v) is 8.97. The van der Waals surface area contributed by atoms with E-state index >= 15 is 0 Å². The fourth-order valence-electron chi connectivity index (χ4n) is 3.13. The van der Waals surface area contributed by atoms with Crippen LogP contribution < -0.4 is 0 Å². The van der Waals surface area contributed by atoms with E-state index in [2.05, 4.69) is 0 Å². The maximum absolute atomic E-state index is 12.7. The topological polar surface area (TPSA) is 115 Å². The second-order valence-corrected chi connectivity index (χ2v) is 8.23. The number of carbonyl (C=O) groups is 1. The highest BCUT2D eigenvalue weighted by atomic mass is 32.2. The molecule has 1 aliphatic heterocycles. The number of carboxylic acids is 1. The molecule has 1 aliphatic carbocycles. The highest BCUT2D eigenvalue weighted by Crippen LogP contribution is 2.46. The largest absolute Gasteiger partial charge is 0.507 e. The average molecular weight is 341 g/mol. The Morgan fingerprint density at radius 2 is 2.00 bits per heavy atom. The molecule has 0 spiro atoms. The molecule has 1 atom stereocenters. The molecule has 23 heavy (non-hydrogen) atoms. The SMILES string of the molecule is O=C(O)c1cc(S(=O)(=O)N2CCCC(C3(O)CC3)C2)ccc1O. The molecule has 2 fully saturated rings. The van der Waals surface area contributed by atoms with Gasteiger partial charge >= 0.3 is 5.97 Å². The van der Waals surface area contributed by atoms with Crippen molar-refractivity contribution in [2.75, 3.05) is 13.1 Å². The van der Waals surface area contributed by atoms with Gasteiger partial charge in [-0.15, -0.1) is 0 Å². The van der Waals surface area contributed by atoms with Crippen LogP contribution in [0.15, 0.2) is 23.1 Å². The van der Waals surface area contributed by atoms with Crippen LogP contribution in [0.5, 0.6) is 5.75 Å². The van der Waals surface area contributed by atoms with Gasteiger partial charge in [-0.05, 0) is 43.9 Å². The van der Waals surface area contributed by atoms with Crippen molar-refractivity contribution in [3.63, 3.8) is 0 Å². The number of phenols is 1. The van der Waals surface area contributed by atoms with E-state index in [1.807, 2.05) is 0 Å². The van der Waals surface area contributed by atoms with Crippen LogP contribution in [-0.4, -0.2) is 52.7 Å². The molecule has 1 aromatic carbocycles. The number of nitrogens with zero attached hydrogens (tertiary/aromatic N) is 1. The molecular formula is C15H19NO6S. The summed E-state index contributed by atoms with van der Waals surface area (Å²) in [4.78, 5) is 10.9. The van der Waals surface area contributed by atoms with Crippen molar-refractivity contribution in [2.24, 2.45) is 5.92 Å². The zero-order valence-corrected chi connectivity index (χ0v) is 13.3. The van der Waals surface area contributed by atoms with Crippen molar-refractivity contribution in [3.8, 4) is 5.75 Å². The minimum absolute atomic E-state index is 0.0814. The second kappa shape index (κ2) is 5.47. The van der Waals surface area contributed by atoms with Crippen LogP contribution in [0.4, 0.5) is 0 Å². The summed E-state index contributed by atoms with van der Waals surface area (Å²) in [7, 11) is -3.85. The van der Waals surface area contributed by atoms with Gasteiger partial charge in [0, 0.05) is 19.0 Å². The van der Waals surface area contributed by atoms with Crippen LogP contribution in [0.2, 0.25) is 0 Å². The summed E-state index contributed by atoms with van der Waals surface area (Å²) in [5, 5.41) is 28.8. The Labute approximate surface area is 134 Å². The Morgan fingerprint density at radius 3 is 2.61 bits per heavy atom. The van der Waals surface area contributed by atoms with Crippen LogP contribution in [0.25, 0.3) is 0 Å². The third-order valence-electron chi connectivity index (χ3n) is 4.74. The highest BCUT2D eigenvalue weighted by molar-refractivity contribution is 7.89. The number of aromatic carboxylic acids is 1. The van der Waals surface area contributed by atoms with Crippen LogP contribution >= 0.6 is 0 Å². The fraction of sp³-hybridized carbons (Fsp3) is 0.533. The van der Waals surface area contributed by atoms with Crippen molar-refractivity contribution in [3.05, 3.63) is 23.8 Å². The van der Waals surface area contributed by atoms with Gasteiger partial charge in [-0.25, -0.2) is 13.2 Å². The lowest BCUT2D eigenvalue weighted by Gasteiger charge is -2.34. The molecule has 0 radical (unpaired) electrons. The quantitative estimate of drug-likeness (QED) is 0.753. The van der Waals surface area contributed by atoms with E-state index in [9.17, 15) is 23.4 Å². The predicted octanol–water partition coefficient (Wildman–Crippen LogP) is 1.02. The first-order valence-electron chi connectivity index (χ1n) is 7.53. The average Bonchev–Trinajstić information content (AvgIpc) is 3.26. The summed E-state index contributed by atoms with van der Waals surface area (Å²) in [6.07, 6.45) is 2.86. The number of rotatable bonds is 4. The van der Waals surface area contributed by atoms with E-state index in [1.165, 1.54) is 10.4 Å². The van der Waals surface area contributed by atoms with Gasteiger partial charge in [0.15, 0.2) is 0 Å². The van der Waals surface area contributed by atoms with Crippen molar-refractivity contribution in [1.82, 2.24) is 4.31 Å². The van der Waals surface area contributed by atoms with Gasteiger partial charge in [-0.2, -0.15) is 4.31 Å². The maximum Gasteiger partial charge on any atom is 0.339 e. The van der Waals surface area contributed by atoms with E-state index in [0.29, 0.717) is 25.8 Å². The molecule has 8 heteroatoms. The summed E-state index contributed by atoms with van der Waals surface area (Å²) in [6, 6.07) is 3.25. The first kappa shape index (κ1) is 16.2. The molecular weight excluding hydrogens is 322 g/mol. The Balaban J connectivity index is 1.89. The van der Waals surface area contributed by atoms with Gasteiger partial charge in [0.1, 0.15) is 11.3 Å². The first-order chi connectivity index (χ1) is 10.7. The second-order valence-electron chi connectivity index (χ2n) is 6.29. The summed E-state index contributed by atoms with van der Waals surface area (Å²) >= 11 is 0. The van der Waals surface area contributed by atoms with Crippen LogP contribution in [0.3, 0.4) is 0 Å². The third kappa shape index (κ3) is 2.93. The number of hydrogen-bond acceptors (Lipinski definition) is 5. The van der Waals surface area contributed by atoms with Gasteiger partial charge in [-0.3, -0.25) is 0 Å². The number of aromatic hydroxyl groups is 1. The number of piperidine rings is 1. The van der Waals surface area contributed by atoms with Crippen molar-refractivity contribution < 1.29 is 28.5 Å². The van der Waals surface area contributed by atoms with E-state index in [0.717, 1.165) is 18.6 Å². The molecule has 2 aliphatic rings. The van der Waals surface area contributed by atoms with E-state index in [-0.39, 0.29) is 17.4 Å². The van der Waals surface area contributed by atoms with Gasteiger partial charge in [0.2, 0.25) is 10.0 Å². The van der Waals surface area contributed by atoms with Gasteiger partial charge in [-0.1, -0.05) is 0 Å². The normalized spacial score (nSPS) is 24.3. The van der Waals surface area contributed by atoms with Crippen LogP contribution in [0.1, 0.15) is 36.0 Å². The molecule has 3 N–H and O–H groups in total. The van der Waals surface area contributed by atoms with E-state index < -0.39 is 32.9 Å². The lowest BCUT2D eigenvalue weighted by molar-refractivity contribution is 0.0514. The van der Waals surface area contributed by atoms with E-state index in [1.54, 1.807) is 0 Å². The van der Waals surface area contributed by atoms with Crippen molar-refractivity contribution in [1.29, 1.82) is 0 Å². The molecule has 1 saturated carbocycles. The molecule has 1 heterocycles. The molecule has 0 amide bonds. The zero-order valence-electron chi connectivity index (χ0n) is 12.5. The Hall–Kier alpha value is -1.64. The molecule has 1 unspecified atom stereocenters. The predicted molar refractivity (Wildman–Crippen MR) is 80.7 cm³/mol.